The highest BCUT2D eigenvalue weighted by Gasteiger charge is 2.36. The van der Waals surface area contributed by atoms with Crippen molar-refractivity contribution >= 4 is 23.1 Å². The Hall–Kier alpha value is -3.42. The lowest BCUT2D eigenvalue weighted by molar-refractivity contribution is 0.0794. The minimum Gasteiger partial charge on any atom is -0.465 e. The largest absolute Gasteiger partial charge is 0.465 e. The summed E-state index contributed by atoms with van der Waals surface area (Å²) in [6.45, 7) is 8.15. The molecule has 1 aromatic heterocycles. The van der Waals surface area contributed by atoms with E-state index >= 15 is 0 Å². The molecule has 1 aliphatic rings. The number of rotatable bonds is 5. The van der Waals surface area contributed by atoms with Gasteiger partial charge < -0.3 is 19.7 Å². The van der Waals surface area contributed by atoms with E-state index in [1.54, 1.807) is 6.07 Å². The highest BCUT2D eigenvalue weighted by atomic mass is 19.1. The smallest absolute Gasteiger partial charge is 0.407 e. The molecular weight excluding hydrogens is 437 g/mol. The predicted octanol–water partition coefficient (Wildman–Crippen LogP) is 5.65. The molecule has 3 aromatic rings. The third-order valence-electron chi connectivity index (χ3n) is 6.38. The van der Waals surface area contributed by atoms with Gasteiger partial charge in [0.25, 0.3) is 5.91 Å². The highest BCUT2D eigenvalue weighted by Crippen LogP contribution is 2.36. The normalized spacial score (nSPS) is 18.6. The van der Waals surface area contributed by atoms with E-state index in [2.05, 4.69) is 5.32 Å². The summed E-state index contributed by atoms with van der Waals surface area (Å²) >= 11 is 0. The van der Waals surface area contributed by atoms with Crippen LogP contribution in [-0.2, 0) is 0 Å². The standard InChI is InChI=1S/C26H30FN3O4/c1-14(2)22-13-18(9-10-30(22)26(32)33)25-29-21-12-17(6-8-23(21)34-25)16-5-7-19(20(27)11-16)24(31)28-15(3)4/h5-8,11-12,14-15,18,22H,9-10,13H2,1-4H3,(H,28,31)(H,32,33). The average Bonchev–Trinajstić information content (AvgIpc) is 3.21. The maximum absolute atomic E-state index is 14.6. The van der Waals surface area contributed by atoms with Gasteiger partial charge in [0.2, 0.25) is 0 Å². The SMILES string of the molecule is CC(C)NC(=O)c1ccc(-c2ccc3oc(C4CCN(C(=O)O)C(C(C)C)C4)nc3c2)cc1F. The lowest BCUT2D eigenvalue weighted by atomic mass is 9.85. The topological polar surface area (TPSA) is 95.7 Å². The van der Waals surface area contributed by atoms with Crippen molar-refractivity contribution in [2.24, 2.45) is 5.92 Å². The number of aromatic nitrogens is 1. The van der Waals surface area contributed by atoms with Crippen LogP contribution in [0.15, 0.2) is 40.8 Å². The van der Waals surface area contributed by atoms with Gasteiger partial charge in [-0.1, -0.05) is 26.0 Å². The van der Waals surface area contributed by atoms with E-state index in [4.69, 9.17) is 9.40 Å². The summed E-state index contributed by atoms with van der Waals surface area (Å²) in [4.78, 5) is 30.0. The molecule has 2 heterocycles. The fourth-order valence-corrected chi connectivity index (χ4v) is 4.61. The fraction of sp³-hybridized carbons (Fsp3) is 0.423. The number of carbonyl (C=O) groups is 2. The molecule has 1 saturated heterocycles. The van der Waals surface area contributed by atoms with Gasteiger partial charge in [0.05, 0.1) is 5.56 Å². The molecule has 180 valence electrons. The number of piperidine rings is 1. The third-order valence-corrected chi connectivity index (χ3v) is 6.38. The third kappa shape index (κ3) is 4.76. The number of nitrogens with one attached hydrogen (secondary N) is 1. The second kappa shape index (κ2) is 9.44. The summed E-state index contributed by atoms with van der Waals surface area (Å²) in [5.41, 5.74) is 2.71. The van der Waals surface area contributed by atoms with Crippen molar-refractivity contribution in [2.45, 2.75) is 58.5 Å². The molecule has 7 nitrogen and oxygen atoms in total. The number of nitrogens with zero attached hydrogens (tertiary/aromatic N) is 2. The Morgan fingerprint density at radius 1 is 1.15 bits per heavy atom. The van der Waals surface area contributed by atoms with Gasteiger partial charge in [0.1, 0.15) is 11.3 Å². The molecule has 0 bridgehead atoms. The van der Waals surface area contributed by atoms with Crippen LogP contribution in [0, 0.1) is 11.7 Å². The maximum atomic E-state index is 14.6. The Kier molecular flexibility index (Phi) is 6.59. The van der Waals surface area contributed by atoms with E-state index in [0.29, 0.717) is 41.9 Å². The summed E-state index contributed by atoms with van der Waals surface area (Å²) in [6.07, 6.45) is 0.425. The van der Waals surface area contributed by atoms with Gasteiger partial charge in [-0.3, -0.25) is 4.79 Å². The van der Waals surface area contributed by atoms with Gasteiger partial charge in [0, 0.05) is 24.5 Å². The summed E-state index contributed by atoms with van der Waals surface area (Å²) in [5, 5.41) is 12.2. The Bertz CT molecular complexity index is 1220. The molecule has 4 rings (SSSR count). The van der Waals surface area contributed by atoms with Gasteiger partial charge in [-0.15, -0.1) is 0 Å². The van der Waals surface area contributed by atoms with E-state index in [1.165, 1.54) is 17.0 Å². The Morgan fingerprint density at radius 3 is 2.50 bits per heavy atom. The predicted molar refractivity (Wildman–Crippen MR) is 127 cm³/mol. The number of carbonyl (C=O) groups excluding carboxylic acids is 1. The molecule has 2 atom stereocenters. The lowest BCUT2D eigenvalue weighted by Gasteiger charge is -2.39. The molecule has 8 heteroatoms. The summed E-state index contributed by atoms with van der Waals surface area (Å²) in [7, 11) is 0. The van der Waals surface area contributed by atoms with Gasteiger partial charge in [-0.25, -0.2) is 14.2 Å². The summed E-state index contributed by atoms with van der Waals surface area (Å²) in [6, 6.07) is 9.88. The van der Waals surface area contributed by atoms with E-state index in [9.17, 15) is 19.1 Å². The second-order valence-corrected chi connectivity index (χ2v) is 9.57. The Morgan fingerprint density at radius 2 is 1.85 bits per heavy atom. The van der Waals surface area contributed by atoms with Crippen molar-refractivity contribution in [1.29, 1.82) is 0 Å². The summed E-state index contributed by atoms with van der Waals surface area (Å²) < 4.78 is 20.7. The van der Waals surface area contributed by atoms with E-state index < -0.39 is 17.8 Å². The molecule has 34 heavy (non-hydrogen) atoms. The van der Waals surface area contributed by atoms with Crippen LogP contribution in [-0.4, -0.2) is 45.6 Å². The molecule has 0 aliphatic carbocycles. The molecule has 0 spiro atoms. The quantitative estimate of drug-likeness (QED) is 0.505. The highest BCUT2D eigenvalue weighted by molar-refractivity contribution is 5.95. The van der Waals surface area contributed by atoms with Crippen molar-refractivity contribution < 1.29 is 23.5 Å². The first-order chi connectivity index (χ1) is 16.1. The minimum atomic E-state index is -0.890. The Labute approximate surface area is 198 Å². The molecule has 2 unspecified atom stereocenters. The lowest BCUT2D eigenvalue weighted by Crippen LogP contribution is -2.47. The first kappa shape index (κ1) is 23.7. The van der Waals surface area contributed by atoms with E-state index in [0.717, 1.165) is 5.56 Å². The van der Waals surface area contributed by atoms with Crippen LogP contribution in [0.25, 0.3) is 22.2 Å². The van der Waals surface area contributed by atoms with Crippen molar-refractivity contribution in [3.05, 3.63) is 53.7 Å². The van der Waals surface area contributed by atoms with E-state index in [-0.39, 0.29) is 29.5 Å². The fourth-order valence-electron chi connectivity index (χ4n) is 4.61. The van der Waals surface area contributed by atoms with Gasteiger partial charge >= 0.3 is 6.09 Å². The van der Waals surface area contributed by atoms with Crippen LogP contribution in [0.5, 0.6) is 0 Å². The molecule has 1 fully saturated rings. The number of amides is 2. The molecule has 1 aliphatic heterocycles. The monoisotopic (exact) mass is 467 g/mol. The number of benzene rings is 2. The minimum absolute atomic E-state index is 0.00894. The number of likely N-dealkylation sites (tertiary alicyclic amines) is 1. The van der Waals surface area contributed by atoms with Crippen LogP contribution in [0.1, 0.15) is 62.7 Å². The van der Waals surface area contributed by atoms with Crippen LogP contribution >= 0.6 is 0 Å². The number of carboxylic acid groups (broad SMARTS) is 1. The summed E-state index contributed by atoms with van der Waals surface area (Å²) in [5.74, 6) is -0.189. The van der Waals surface area contributed by atoms with Gasteiger partial charge in [-0.05, 0) is 68.0 Å². The van der Waals surface area contributed by atoms with Crippen LogP contribution < -0.4 is 5.32 Å². The number of hydrogen-bond donors (Lipinski definition) is 2. The van der Waals surface area contributed by atoms with Crippen molar-refractivity contribution in [1.82, 2.24) is 15.2 Å². The molecule has 2 amide bonds. The zero-order valence-electron chi connectivity index (χ0n) is 19.8. The number of hydrogen-bond acceptors (Lipinski definition) is 4. The van der Waals surface area contributed by atoms with Crippen molar-refractivity contribution in [3.63, 3.8) is 0 Å². The van der Waals surface area contributed by atoms with E-state index in [1.807, 2.05) is 45.9 Å². The first-order valence-corrected chi connectivity index (χ1v) is 11.6. The zero-order chi connectivity index (χ0) is 24.6. The zero-order valence-corrected chi connectivity index (χ0v) is 19.8. The van der Waals surface area contributed by atoms with Crippen LogP contribution in [0.2, 0.25) is 0 Å². The molecular formula is C26H30FN3O4. The van der Waals surface area contributed by atoms with Gasteiger partial charge in [0.15, 0.2) is 11.5 Å². The average molecular weight is 468 g/mol. The van der Waals surface area contributed by atoms with Crippen LogP contribution in [0.4, 0.5) is 9.18 Å². The molecule has 2 N–H and O–H groups in total. The number of halogens is 1. The molecule has 0 saturated carbocycles. The first-order valence-electron chi connectivity index (χ1n) is 11.6. The molecule has 2 aromatic carbocycles. The number of fused-ring (bicyclic) bond motifs is 1. The maximum Gasteiger partial charge on any atom is 0.407 e. The van der Waals surface area contributed by atoms with Crippen molar-refractivity contribution in [3.8, 4) is 11.1 Å². The Balaban J connectivity index is 1.58. The van der Waals surface area contributed by atoms with Crippen LogP contribution in [0.3, 0.4) is 0 Å². The number of oxazole rings is 1. The molecule has 0 radical (unpaired) electrons. The second-order valence-electron chi connectivity index (χ2n) is 9.57. The van der Waals surface area contributed by atoms with Gasteiger partial charge in [-0.2, -0.15) is 0 Å². The van der Waals surface area contributed by atoms with Crippen molar-refractivity contribution in [2.75, 3.05) is 6.54 Å².